The summed E-state index contributed by atoms with van der Waals surface area (Å²) in [5.41, 5.74) is 3.25. The first kappa shape index (κ1) is 15.6. The number of carbonyl (C=O) groups is 1. The lowest BCUT2D eigenvalue weighted by atomic mass is 10.2. The smallest absolute Gasteiger partial charge is 0.237 e. The van der Waals surface area contributed by atoms with Crippen molar-refractivity contribution in [3.8, 4) is 0 Å². The number of anilines is 1. The third-order valence-electron chi connectivity index (χ3n) is 3.33. The van der Waals surface area contributed by atoms with Crippen LogP contribution < -0.4 is 5.32 Å². The monoisotopic (exact) mass is 299 g/mol. The Bertz CT molecular complexity index is 597. The average Bonchev–Trinajstić information content (AvgIpc) is 2.48. The Morgan fingerprint density at radius 1 is 1.05 bits per heavy atom. The minimum absolute atomic E-state index is 0.0494. The molecular weight excluding hydrogens is 278 g/mol. The van der Waals surface area contributed by atoms with Crippen LogP contribution in [-0.4, -0.2) is 11.2 Å². The van der Waals surface area contributed by atoms with Crippen LogP contribution in [0.15, 0.2) is 54.6 Å². The van der Waals surface area contributed by atoms with Crippen molar-refractivity contribution in [2.75, 3.05) is 5.32 Å². The zero-order valence-corrected chi connectivity index (χ0v) is 13.5. The molecule has 0 heterocycles. The van der Waals surface area contributed by atoms with Crippen LogP contribution in [0.1, 0.15) is 30.2 Å². The van der Waals surface area contributed by atoms with Crippen LogP contribution in [0.25, 0.3) is 0 Å². The number of amides is 1. The Balaban J connectivity index is 1.93. The SMILES string of the molecule is Cc1cccc(NC(=O)C(C)SC(C)c2ccccc2)c1. The molecule has 0 saturated carbocycles. The highest BCUT2D eigenvalue weighted by Crippen LogP contribution is 2.31. The van der Waals surface area contributed by atoms with Gasteiger partial charge >= 0.3 is 0 Å². The van der Waals surface area contributed by atoms with Gasteiger partial charge < -0.3 is 5.32 Å². The van der Waals surface area contributed by atoms with Gasteiger partial charge in [0.1, 0.15) is 0 Å². The molecule has 2 atom stereocenters. The number of hydrogen-bond acceptors (Lipinski definition) is 2. The fraction of sp³-hybridized carbons (Fsp3) is 0.278. The fourth-order valence-corrected chi connectivity index (χ4v) is 3.25. The summed E-state index contributed by atoms with van der Waals surface area (Å²) in [4.78, 5) is 12.3. The van der Waals surface area contributed by atoms with Gasteiger partial charge in [-0.15, -0.1) is 11.8 Å². The van der Waals surface area contributed by atoms with E-state index in [4.69, 9.17) is 0 Å². The topological polar surface area (TPSA) is 29.1 Å². The van der Waals surface area contributed by atoms with Gasteiger partial charge in [-0.2, -0.15) is 0 Å². The second-order valence-electron chi connectivity index (χ2n) is 5.19. The van der Waals surface area contributed by atoms with Crippen LogP contribution in [0.2, 0.25) is 0 Å². The van der Waals surface area contributed by atoms with E-state index in [1.54, 1.807) is 11.8 Å². The summed E-state index contributed by atoms with van der Waals surface area (Å²) in [5.74, 6) is 0.0494. The van der Waals surface area contributed by atoms with Crippen LogP contribution in [-0.2, 0) is 4.79 Å². The van der Waals surface area contributed by atoms with Crippen LogP contribution in [0.4, 0.5) is 5.69 Å². The van der Waals surface area contributed by atoms with E-state index in [9.17, 15) is 4.79 Å². The Labute approximate surface area is 131 Å². The first-order valence-electron chi connectivity index (χ1n) is 7.14. The molecule has 2 nitrogen and oxygen atoms in total. The van der Waals surface area contributed by atoms with E-state index in [1.807, 2.05) is 56.3 Å². The highest BCUT2D eigenvalue weighted by atomic mass is 32.2. The number of hydrogen-bond donors (Lipinski definition) is 1. The Morgan fingerprint density at radius 2 is 1.76 bits per heavy atom. The van der Waals surface area contributed by atoms with Crippen molar-refractivity contribution in [1.82, 2.24) is 0 Å². The molecule has 0 radical (unpaired) electrons. The van der Waals surface area contributed by atoms with Gasteiger partial charge in [-0.1, -0.05) is 42.5 Å². The molecule has 1 N–H and O–H groups in total. The summed E-state index contributed by atoms with van der Waals surface area (Å²) in [6.45, 7) is 6.11. The lowest BCUT2D eigenvalue weighted by Gasteiger charge is -2.17. The molecule has 0 saturated heterocycles. The number of nitrogens with one attached hydrogen (secondary N) is 1. The summed E-state index contributed by atoms with van der Waals surface area (Å²) in [6.07, 6.45) is 0. The summed E-state index contributed by atoms with van der Waals surface area (Å²) < 4.78 is 0. The van der Waals surface area contributed by atoms with Crippen LogP contribution in [0, 0.1) is 6.92 Å². The second kappa shape index (κ2) is 7.32. The van der Waals surface area contributed by atoms with Crippen molar-refractivity contribution < 1.29 is 4.79 Å². The van der Waals surface area contributed by atoms with Crippen molar-refractivity contribution >= 4 is 23.4 Å². The van der Waals surface area contributed by atoms with E-state index in [0.29, 0.717) is 5.25 Å². The maximum absolute atomic E-state index is 12.3. The standard InChI is InChI=1S/C18H21NOS/c1-13-8-7-11-17(12-13)19-18(20)15(3)21-14(2)16-9-5-4-6-10-16/h4-12,14-15H,1-3H3,(H,19,20). The lowest BCUT2D eigenvalue weighted by molar-refractivity contribution is -0.115. The minimum Gasteiger partial charge on any atom is -0.325 e. The number of rotatable bonds is 5. The van der Waals surface area contributed by atoms with Crippen molar-refractivity contribution in [3.63, 3.8) is 0 Å². The number of aryl methyl sites for hydroxylation is 1. The first-order valence-corrected chi connectivity index (χ1v) is 8.08. The highest BCUT2D eigenvalue weighted by molar-refractivity contribution is 8.00. The molecule has 0 aromatic heterocycles. The first-order chi connectivity index (χ1) is 10.1. The maximum Gasteiger partial charge on any atom is 0.237 e. The van der Waals surface area contributed by atoms with Gasteiger partial charge in [-0.25, -0.2) is 0 Å². The average molecular weight is 299 g/mol. The lowest BCUT2D eigenvalue weighted by Crippen LogP contribution is -2.23. The zero-order valence-electron chi connectivity index (χ0n) is 12.7. The zero-order chi connectivity index (χ0) is 15.2. The molecule has 110 valence electrons. The maximum atomic E-state index is 12.3. The number of thioether (sulfide) groups is 1. The van der Waals surface area contributed by atoms with E-state index in [0.717, 1.165) is 11.3 Å². The predicted molar refractivity (Wildman–Crippen MR) is 91.7 cm³/mol. The Morgan fingerprint density at radius 3 is 2.43 bits per heavy atom. The van der Waals surface area contributed by atoms with E-state index >= 15 is 0 Å². The molecule has 2 unspecified atom stereocenters. The summed E-state index contributed by atoms with van der Waals surface area (Å²) in [6, 6.07) is 18.1. The quantitative estimate of drug-likeness (QED) is 0.858. The molecule has 21 heavy (non-hydrogen) atoms. The predicted octanol–water partition coefficient (Wildman–Crippen LogP) is 4.82. The van der Waals surface area contributed by atoms with Gasteiger partial charge in [-0.3, -0.25) is 4.79 Å². The highest BCUT2D eigenvalue weighted by Gasteiger charge is 2.18. The summed E-state index contributed by atoms with van der Waals surface area (Å²) in [5, 5.41) is 3.18. The van der Waals surface area contributed by atoms with E-state index in [-0.39, 0.29) is 11.2 Å². The molecule has 3 heteroatoms. The molecule has 1 amide bonds. The van der Waals surface area contributed by atoms with Crippen molar-refractivity contribution in [1.29, 1.82) is 0 Å². The van der Waals surface area contributed by atoms with E-state index < -0.39 is 0 Å². The third-order valence-corrected chi connectivity index (χ3v) is 4.63. The van der Waals surface area contributed by atoms with Crippen LogP contribution >= 0.6 is 11.8 Å². The number of carbonyl (C=O) groups excluding carboxylic acids is 1. The van der Waals surface area contributed by atoms with Gasteiger partial charge in [0, 0.05) is 10.9 Å². The normalized spacial score (nSPS) is 13.5. The van der Waals surface area contributed by atoms with E-state index in [1.165, 1.54) is 5.56 Å². The fourth-order valence-electron chi connectivity index (χ4n) is 2.14. The molecule has 0 aliphatic rings. The molecule has 0 spiro atoms. The number of benzene rings is 2. The van der Waals surface area contributed by atoms with Crippen LogP contribution in [0.3, 0.4) is 0 Å². The Hall–Kier alpha value is -1.74. The summed E-state index contributed by atoms with van der Waals surface area (Å²) in [7, 11) is 0. The molecule has 0 aliphatic heterocycles. The summed E-state index contributed by atoms with van der Waals surface area (Å²) >= 11 is 1.67. The molecule has 0 aliphatic carbocycles. The van der Waals surface area contributed by atoms with Crippen LogP contribution in [0.5, 0.6) is 0 Å². The second-order valence-corrected chi connectivity index (χ2v) is 6.88. The molecule has 0 fully saturated rings. The molecule has 2 aromatic rings. The van der Waals surface area contributed by atoms with Crippen molar-refractivity contribution in [3.05, 3.63) is 65.7 Å². The van der Waals surface area contributed by atoms with Gasteiger partial charge in [0.05, 0.1) is 5.25 Å². The molecule has 2 rings (SSSR count). The van der Waals surface area contributed by atoms with Gasteiger partial charge in [0.15, 0.2) is 0 Å². The van der Waals surface area contributed by atoms with Crippen molar-refractivity contribution in [2.24, 2.45) is 0 Å². The molecular formula is C18H21NOS. The Kier molecular flexibility index (Phi) is 5.45. The van der Waals surface area contributed by atoms with Gasteiger partial charge in [-0.05, 0) is 44.0 Å². The van der Waals surface area contributed by atoms with Gasteiger partial charge in [0.25, 0.3) is 0 Å². The van der Waals surface area contributed by atoms with E-state index in [2.05, 4.69) is 24.4 Å². The largest absolute Gasteiger partial charge is 0.325 e. The molecule has 0 bridgehead atoms. The van der Waals surface area contributed by atoms with Gasteiger partial charge in [0.2, 0.25) is 5.91 Å². The minimum atomic E-state index is -0.0966. The van der Waals surface area contributed by atoms with Crippen molar-refractivity contribution in [2.45, 2.75) is 31.3 Å². The third kappa shape index (κ3) is 4.64. The molecule has 2 aromatic carbocycles.